The fourth-order valence-corrected chi connectivity index (χ4v) is 2.81. The number of methoxy groups -OCH3 is 1. The highest BCUT2D eigenvalue weighted by Crippen LogP contribution is 2.36. The van der Waals surface area contributed by atoms with Crippen LogP contribution in [0.4, 0.5) is 0 Å². The maximum Gasteiger partial charge on any atom is 0.125 e. The molecule has 1 rings (SSSR count). The zero-order valence-electron chi connectivity index (χ0n) is 12.6. The number of halogens is 1. The molecule has 0 aliphatic rings. The lowest BCUT2D eigenvalue weighted by molar-refractivity contribution is 0.405. The quantitative estimate of drug-likeness (QED) is 0.755. The lowest BCUT2D eigenvalue weighted by atomic mass is 9.97. The van der Waals surface area contributed by atoms with Crippen molar-refractivity contribution in [1.29, 1.82) is 0 Å². The Morgan fingerprint density at radius 3 is 2.26 bits per heavy atom. The van der Waals surface area contributed by atoms with E-state index in [1.807, 2.05) is 7.05 Å². The van der Waals surface area contributed by atoms with Gasteiger partial charge in [0.1, 0.15) is 5.75 Å². The molecule has 0 spiro atoms. The van der Waals surface area contributed by atoms with Crippen LogP contribution in [0.2, 0.25) is 0 Å². The van der Waals surface area contributed by atoms with Crippen molar-refractivity contribution < 1.29 is 4.74 Å². The van der Waals surface area contributed by atoms with Crippen molar-refractivity contribution in [2.24, 2.45) is 0 Å². The fraction of sp³-hybridized carbons (Fsp3) is 0.600. The number of benzene rings is 1. The summed E-state index contributed by atoms with van der Waals surface area (Å²) >= 11 is 3.69. The monoisotopic (exact) mass is 328 g/mol. The summed E-state index contributed by atoms with van der Waals surface area (Å²) < 4.78 is 6.81. The maximum atomic E-state index is 5.61. The Kier molecular flexibility index (Phi) is 6.83. The molecular weight excluding hydrogens is 304 g/mol. The molecule has 0 unspecified atom stereocenters. The molecular formula is C15H25BrN2O. The van der Waals surface area contributed by atoms with Gasteiger partial charge >= 0.3 is 0 Å². The van der Waals surface area contributed by atoms with Gasteiger partial charge in [-0.15, -0.1) is 0 Å². The highest BCUT2D eigenvalue weighted by Gasteiger charge is 2.16. The zero-order valence-corrected chi connectivity index (χ0v) is 14.2. The van der Waals surface area contributed by atoms with Gasteiger partial charge in [-0.2, -0.15) is 0 Å². The molecule has 0 amide bonds. The largest absolute Gasteiger partial charge is 0.496 e. The third kappa shape index (κ3) is 3.94. The third-order valence-electron chi connectivity index (χ3n) is 3.60. The van der Waals surface area contributed by atoms with E-state index in [-0.39, 0.29) is 0 Å². The van der Waals surface area contributed by atoms with E-state index in [0.717, 1.165) is 31.8 Å². The van der Waals surface area contributed by atoms with Crippen LogP contribution in [0.25, 0.3) is 0 Å². The Morgan fingerprint density at radius 1 is 1.00 bits per heavy atom. The van der Waals surface area contributed by atoms with E-state index >= 15 is 0 Å². The molecule has 0 radical (unpaired) electrons. The summed E-state index contributed by atoms with van der Waals surface area (Å²) in [4.78, 5) is 0. The minimum absolute atomic E-state index is 0.966. The normalized spacial score (nSPS) is 10.8. The van der Waals surface area contributed by atoms with Crippen molar-refractivity contribution in [3.63, 3.8) is 0 Å². The lowest BCUT2D eigenvalue weighted by Gasteiger charge is -2.19. The summed E-state index contributed by atoms with van der Waals surface area (Å²) in [5.41, 5.74) is 5.08. The summed E-state index contributed by atoms with van der Waals surface area (Å²) in [5.74, 6) is 1.04. The van der Waals surface area contributed by atoms with Crippen LogP contribution in [0.3, 0.4) is 0 Å². The van der Waals surface area contributed by atoms with Gasteiger partial charge < -0.3 is 15.4 Å². The molecule has 0 heterocycles. The zero-order chi connectivity index (χ0) is 14.4. The summed E-state index contributed by atoms with van der Waals surface area (Å²) in [6.07, 6.45) is 0.985. The minimum atomic E-state index is 0.966. The SMILES string of the molecule is CNCCNCCc1c(C)c(Br)c(C)c(C)c1OC. The van der Waals surface area contributed by atoms with E-state index in [2.05, 4.69) is 47.3 Å². The van der Waals surface area contributed by atoms with E-state index in [1.165, 1.54) is 26.7 Å². The summed E-state index contributed by atoms with van der Waals surface area (Å²) in [7, 11) is 3.72. The van der Waals surface area contributed by atoms with Gasteiger partial charge in [-0.25, -0.2) is 0 Å². The van der Waals surface area contributed by atoms with Gasteiger partial charge in [-0.1, -0.05) is 15.9 Å². The van der Waals surface area contributed by atoms with E-state index in [4.69, 9.17) is 4.74 Å². The van der Waals surface area contributed by atoms with Crippen molar-refractivity contribution in [2.45, 2.75) is 27.2 Å². The van der Waals surface area contributed by atoms with Gasteiger partial charge in [0.2, 0.25) is 0 Å². The predicted octanol–water partition coefficient (Wildman–Crippen LogP) is 2.73. The minimum Gasteiger partial charge on any atom is -0.496 e. The van der Waals surface area contributed by atoms with Crippen molar-refractivity contribution >= 4 is 15.9 Å². The number of nitrogens with one attached hydrogen (secondary N) is 2. The van der Waals surface area contributed by atoms with Crippen LogP contribution in [0.15, 0.2) is 4.47 Å². The number of ether oxygens (including phenoxy) is 1. The van der Waals surface area contributed by atoms with E-state index in [9.17, 15) is 0 Å². The second-order valence-electron chi connectivity index (χ2n) is 4.80. The van der Waals surface area contributed by atoms with Crippen LogP contribution >= 0.6 is 15.9 Å². The Balaban J connectivity index is 2.87. The second-order valence-corrected chi connectivity index (χ2v) is 5.60. The average molecular weight is 329 g/mol. The Hall–Kier alpha value is -0.580. The Bertz CT molecular complexity index is 433. The molecule has 0 saturated heterocycles. The molecule has 0 aliphatic carbocycles. The van der Waals surface area contributed by atoms with Crippen LogP contribution in [-0.2, 0) is 6.42 Å². The molecule has 0 bridgehead atoms. The second kappa shape index (κ2) is 7.88. The van der Waals surface area contributed by atoms with Crippen molar-refractivity contribution in [2.75, 3.05) is 33.8 Å². The van der Waals surface area contributed by atoms with Crippen LogP contribution < -0.4 is 15.4 Å². The molecule has 2 N–H and O–H groups in total. The van der Waals surface area contributed by atoms with E-state index in [1.54, 1.807) is 7.11 Å². The van der Waals surface area contributed by atoms with Gasteiger partial charge in [0.15, 0.2) is 0 Å². The molecule has 0 fully saturated rings. The molecule has 1 aromatic rings. The maximum absolute atomic E-state index is 5.61. The van der Waals surface area contributed by atoms with Gasteiger partial charge in [0.25, 0.3) is 0 Å². The molecule has 0 atom stereocenters. The predicted molar refractivity (Wildman–Crippen MR) is 85.4 cm³/mol. The van der Waals surface area contributed by atoms with Gasteiger partial charge in [0.05, 0.1) is 7.11 Å². The van der Waals surface area contributed by atoms with Crippen LogP contribution in [0.5, 0.6) is 5.75 Å². The summed E-state index contributed by atoms with van der Waals surface area (Å²) in [6, 6.07) is 0. The first-order chi connectivity index (χ1) is 9.04. The first kappa shape index (κ1) is 16.5. The van der Waals surface area contributed by atoms with Crippen LogP contribution in [0, 0.1) is 20.8 Å². The third-order valence-corrected chi connectivity index (χ3v) is 4.79. The van der Waals surface area contributed by atoms with Crippen molar-refractivity contribution in [3.05, 3.63) is 26.7 Å². The smallest absolute Gasteiger partial charge is 0.125 e. The summed E-state index contributed by atoms with van der Waals surface area (Å²) in [6.45, 7) is 9.35. The van der Waals surface area contributed by atoms with Crippen LogP contribution in [0.1, 0.15) is 22.3 Å². The highest BCUT2D eigenvalue weighted by molar-refractivity contribution is 9.10. The number of likely N-dealkylation sites (N-methyl/N-ethyl adjacent to an activating group) is 1. The number of rotatable bonds is 7. The lowest BCUT2D eigenvalue weighted by Crippen LogP contribution is -2.26. The average Bonchev–Trinajstić information content (AvgIpc) is 2.41. The first-order valence-corrected chi connectivity index (χ1v) is 7.51. The van der Waals surface area contributed by atoms with Gasteiger partial charge in [-0.3, -0.25) is 0 Å². The first-order valence-electron chi connectivity index (χ1n) is 6.72. The topological polar surface area (TPSA) is 33.3 Å². The molecule has 19 heavy (non-hydrogen) atoms. The highest BCUT2D eigenvalue weighted by atomic mass is 79.9. The van der Waals surface area contributed by atoms with E-state index in [0.29, 0.717) is 0 Å². The van der Waals surface area contributed by atoms with Crippen molar-refractivity contribution in [1.82, 2.24) is 10.6 Å². The van der Waals surface area contributed by atoms with Gasteiger partial charge in [0, 0.05) is 17.6 Å². The Morgan fingerprint density at radius 2 is 1.68 bits per heavy atom. The molecule has 0 aromatic heterocycles. The summed E-state index contributed by atoms with van der Waals surface area (Å²) in [5, 5.41) is 6.56. The standard InChI is InChI=1S/C15H25BrN2O/c1-10-11(2)15(19-5)13(12(3)14(10)16)6-7-18-9-8-17-4/h17-18H,6-9H2,1-5H3. The molecule has 0 saturated carbocycles. The Labute approximate surface area is 125 Å². The van der Waals surface area contributed by atoms with Crippen LogP contribution in [-0.4, -0.2) is 33.8 Å². The van der Waals surface area contributed by atoms with E-state index < -0.39 is 0 Å². The molecule has 4 heteroatoms. The van der Waals surface area contributed by atoms with Gasteiger partial charge in [-0.05, 0) is 63.0 Å². The fourth-order valence-electron chi connectivity index (χ4n) is 2.27. The number of hydrogen-bond donors (Lipinski definition) is 2. The molecule has 1 aromatic carbocycles. The molecule has 108 valence electrons. The van der Waals surface area contributed by atoms with Crippen molar-refractivity contribution in [3.8, 4) is 5.75 Å². The molecule has 3 nitrogen and oxygen atoms in total. The molecule has 0 aliphatic heterocycles. The number of hydrogen-bond acceptors (Lipinski definition) is 3.